The normalized spacial score (nSPS) is 9.79. The van der Waals surface area contributed by atoms with E-state index in [9.17, 15) is 9.59 Å². The van der Waals surface area contributed by atoms with Crippen molar-refractivity contribution in [3.63, 3.8) is 0 Å². The van der Waals surface area contributed by atoms with Gasteiger partial charge in [0.15, 0.2) is 5.65 Å². The Morgan fingerprint density at radius 1 is 1.14 bits per heavy atom. The number of allylic oxidation sites excluding steroid dienone is 2. The zero-order valence-corrected chi connectivity index (χ0v) is 16.0. The van der Waals surface area contributed by atoms with Gasteiger partial charge in [-0.15, -0.1) is 0 Å². The molecule has 2 heterocycles. The van der Waals surface area contributed by atoms with Gasteiger partial charge in [-0.1, -0.05) is 38.0 Å². The Bertz CT molecular complexity index is 1110. The van der Waals surface area contributed by atoms with Crippen LogP contribution in [0.2, 0.25) is 0 Å². The van der Waals surface area contributed by atoms with E-state index in [0.29, 0.717) is 22.8 Å². The van der Waals surface area contributed by atoms with Crippen molar-refractivity contribution in [3.05, 3.63) is 96.2 Å². The number of nitrogens with one attached hydrogen (secondary N) is 1. The Morgan fingerprint density at radius 2 is 1.86 bits per heavy atom. The smallest absolute Gasteiger partial charge is 0.257 e. The summed E-state index contributed by atoms with van der Waals surface area (Å²) >= 11 is 0. The van der Waals surface area contributed by atoms with Crippen molar-refractivity contribution < 1.29 is 4.79 Å². The minimum atomic E-state index is -0.313. The number of benzene rings is 1. The van der Waals surface area contributed by atoms with E-state index in [1.54, 1.807) is 55.6 Å². The molecule has 0 saturated carbocycles. The topological polar surface area (TPSA) is 76.9 Å². The van der Waals surface area contributed by atoms with E-state index in [1.807, 2.05) is 6.92 Å². The van der Waals surface area contributed by atoms with Gasteiger partial charge in [-0.3, -0.25) is 14.2 Å². The third kappa shape index (κ3) is 4.67. The van der Waals surface area contributed by atoms with Crippen LogP contribution in [0.25, 0.3) is 16.7 Å². The summed E-state index contributed by atoms with van der Waals surface area (Å²) in [5, 5.41) is 3.49. The SMILES string of the molecule is C=CC(=O)Nc1cccc(-n2c(=O)cc(C)c3cnc(C)nc32)c1.C=CC=C. The van der Waals surface area contributed by atoms with E-state index < -0.39 is 0 Å². The summed E-state index contributed by atoms with van der Waals surface area (Å²) in [4.78, 5) is 32.7. The third-order valence-corrected chi connectivity index (χ3v) is 3.81. The highest BCUT2D eigenvalue weighted by Gasteiger charge is 2.11. The predicted molar refractivity (Wildman–Crippen MR) is 114 cm³/mol. The first-order valence-corrected chi connectivity index (χ1v) is 8.54. The number of anilines is 1. The lowest BCUT2D eigenvalue weighted by Crippen LogP contribution is -2.20. The molecule has 0 aliphatic rings. The summed E-state index contributed by atoms with van der Waals surface area (Å²) in [5.74, 6) is 0.267. The molecule has 0 aliphatic heterocycles. The van der Waals surface area contributed by atoms with Crippen LogP contribution in [-0.2, 0) is 4.79 Å². The van der Waals surface area contributed by atoms with Gasteiger partial charge < -0.3 is 5.32 Å². The van der Waals surface area contributed by atoms with Gasteiger partial charge in [-0.05, 0) is 43.7 Å². The molecule has 2 aromatic heterocycles. The molecule has 0 radical (unpaired) electrons. The number of pyridine rings is 1. The van der Waals surface area contributed by atoms with Crippen molar-refractivity contribution in [2.45, 2.75) is 13.8 Å². The van der Waals surface area contributed by atoms with E-state index in [4.69, 9.17) is 0 Å². The summed E-state index contributed by atoms with van der Waals surface area (Å²) in [5.41, 5.74) is 2.36. The Kier molecular flexibility index (Phi) is 6.76. The summed E-state index contributed by atoms with van der Waals surface area (Å²) in [6, 6.07) is 8.56. The van der Waals surface area contributed by atoms with Gasteiger partial charge >= 0.3 is 0 Å². The summed E-state index contributed by atoms with van der Waals surface area (Å²) < 4.78 is 1.51. The molecule has 0 unspecified atom stereocenters. The number of fused-ring (bicyclic) bond motifs is 1. The molecule has 0 spiro atoms. The maximum atomic E-state index is 12.6. The van der Waals surface area contributed by atoms with Gasteiger partial charge in [0.05, 0.1) is 5.69 Å². The molecule has 3 rings (SSSR count). The van der Waals surface area contributed by atoms with E-state index in [-0.39, 0.29) is 11.5 Å². The Hall–Kier alpha value is -3.80. The van der Waals surface area contributed by atoms with Crippen molar-refractivity contribution in [3.8, 4) is 5.69 Å². The molecule has 0 bridgehead atoms. The third-order valence-electron chi connectivity index (χ3n) is 3.81. The number of amides is 1. The van der Waals surface area contributed by atoms with Crippen molar-refractivity contribution >= 4 is 22.6 Å². The second kappa shape index (κ2) is 9.23. The lowest BCUT2D eigenvalue weighted by Gasteiger charge is -2.12. The molecule has 0 atom stereocenters. The standard InChI is InChI=1S/C18H16N4O2.C4H6/c1-4-16(23)21-13-6-5-7-14(9-13)22-17(24)8-11(2)15-10-19-12(3)20-18(15)22;1-3-4-2/h4-10H,1H2,2-3H3,(H,21,23);3-4H,1-2H2. The fourth-order valence-corrected chi connectivity index (χ4v) is 2.50. The summed E-state index contributed by atoms with van der Waals surface area (Å²) in [7, 11) is 0. The van der Waals surface area contributed by atoms with Crippen LogP contribution in [0.3, 0.4) is 0 Å². The molecule has 0 saturated heterocycles. The van der Waals surface area contributed by atoms with Crippen molar-refractivity contribution in [2.75, 3.05) is 5.32 Å². The zero-order chi connectivity index (χ0) is 20.7. The number of carbonyl (C=O) groups excluding carboxylic acids is 1. The van der Waals surface area contributed by atoms with Gasteiger partial charge in [-0.25, -0.2) is 9.97 Å². The summed E-state index contributed by atoms with van der Waals surface area (Å²) in [6.45, 7) is 13.8. The number of hydrogen-bond acceptors (Lipinski definition) is 4. The fourth-order valence-electron chi connectivity index (χ4n) is 2.50. The van der Waals surface area contributed by atoms with Gasteiger partial charge in [0, 0.05) is 23.3 Å². The number of rotatable bonds is 4. The highest BCUT2D eigenvalue weighted by molar-refractivity contribution is 5.99. The molecule has 0 fully saturated rings. The average molecular weight is 374 g/mol. The number of aryl methyl sites for hydroxylation is 2. The number of aromatic nitrogens is 3. The number of carbonyl (C=O) groups is 1. The van der Waals surface area contributed by atoms with Crippen LogP contribution in [0.15, 0.2) is 79.3 Å². The first kappa shape index (κ1) is 20.5. The van der Waals surface area contributed by atoms with Gasteiger partial charge in [0.1, 0.15) is 5.82 Å². The average Bonchev–Trinajstić information content (AvgIpc) is 2.68. The van der Waals surface area contributed by atoms with Crippen LogP contribution >= 0.6 is 0 Å². The van der Waals surface area contributed by atoms with Gasteiger partial charge in [0.2, 0.25) is 5.91 Å². The monoisotopic (exact) mass is 374 g/mol. The van der Waals surface area contributed by atoms with Crippen LogP contribution in [0.4, 0.5) is 5.69 Å². The van der Waals surface area contributed by atoms with E-state index in [2.05, 4.69) is 35.0 Å². The fraction of sp³-hybridized carbons (Fsp3) is 0.0909. The predicted octanol–water partition coefficient (Wildman–Crippen LogP) is 3.88. The first-order valence-electron chi connectivity index (χ1n) is 8.54. The second-order valence-electron chi connectivity index (χ2n) is 5.87. The van der Waals surface area contributed by atoms with Gasteiger partial charge in [-0.2, -0.15) is 0 Å². The quantitative estimate of drug-likeness (QED) is 0.555. The van der Waals surface area contributed by atoms with Crippen LogP contribution in [0.1, 0.15) is 11.4 Å². The molecule has 1 amide bonds. The lowest BCUT2D eigenvalue weighted by molar-refractivity contribution is -0.111. The van der Waals surface area contributed by atoms with Crippen molar-refractivity contribution in [1.82, 2.24) is 14.5 Å². The molecular weight excluding hydrogens is 352 g/mol. The highest BCUT2D eigenvalue weighted by atomic mass is 16.1. The maximum absolute atomic E-state index is 12.6. The highest BCUT2D eigenvalue weighted by Crippen LogP contribution is 2.19. The number of hydrogen-bond donors (Lipinski definition) is 1. The lowest BCUT2D eigenvalue weighted by atomic mass is 10.2. The van der Waals surface area contributed by atoms with Crippen molar-refractivity contribution in [2.24, 2.45) is 0 Å². The molecule has 142 valence electrons. The minimum Gasteiger partial charge on any atom is -0.322 e. The molecule has 3 aromatic rings. The Balaban J connectivity index is 0.000000640. The first-order chi connectivity index (χ1) is 13.4. The molecule has 28 heavy (non-hydrogen) atoms. The Labute approximate surface area is 163 Å². The minimum absolute atomic E-state index is 0.190. The van der Waals surface area contributed by atoms with Crippen LogP contribution < -0.4 is 10.9 Å². The zero-order valence-electron chi connectivity index (χ0n) is 16.0. The maximum Gasteiger partial charge on any atom is 0.257 e. The summed E-state index contributed by atoms with van der Waals surface area (Å²) in [6.07, 6.45) is 6.18. The molecular formula is C22H22N4O2. The van der Waals surface area contributed by atoms with Gasteiger partial charge in [0.25, 0.3) is 5.56 Å². The Morgan fingerprint density at radius 3 is 2.50 bits per heavy atom. The van der Waals surface area contributed by atoms with E-state index in [0.717, 1.165) is 10.9 Å². The van der Waals surface area contributed by atoms with Crippen LogP contribution in [0, 0.1) is 13.8 Å². The van der Waals surface area contributed by atoms with Crippen molar-refractivity contribution in [1.29, 1.82) is 0 Å². The molecule has 6 heteroatoms. The molecule has 1 N–H and O–H groups in total. The molecule has 0 aliphatic carbocycles. The second-order valence-corrected chi connectivity index (χ2v) is 5.87. The number of nitrogens with zero attached hydrogens (tertiary/aromatic N) is 3. The van der Waals surface area contributed by atoms with Crippen LogP contribution in [0.5, 0.6) is 0 Å². The van der Waals surface area contributed by atoms with Crippen LogP contribution in [-0.4, -0.2) is 20.4 Å². The largest absolute Gasteiger partial charge is 0.322 e. The van der Waals surface area contributed by atoms with E-state index >= 15 is 0 Å². The molecule has 1 aromatic carbocycles. The van der Waals surface area contributed by atoms with E-state index in [1.165, 1.54) is 10.6 Å². The molecule has 6 nitrogen and oxygen atoms in total.